The summed E-state index contributed by atoms with van der Waals surface area (Å²) in [7, 11) is 0. The van der Waals surface area contributed by atoms with Crippen LogP contribution in [0.4, 0.5) is 11.5 Å². The second kappa shape index (κ2) is 8.53. The van der Waals surface area contributed by atoms with Gasteiger partial charge in [-0.15, -0.1) is 0 Å². The van der Waals surface area contributed by atoms with E-state index in [1.165, 1.54) is 0 Å². The molecule has 0 spiro atoms. The first-order chi connectivity index (χ1) is 14.2. The predicted octanol–water partition coefficient (Wildman–Crippen LogP) is 3.87. The normalized spacial score (nSPS) is 14.2. The minimum atomic E-state index is -0.0755. The molecule has 0 bridgehead atoms. The molecule has 6 heteroatoms. The lowest BCUT2D eigenvalue weighted by molar-refractivity contribution is -0.120. The molecular weight excluding hydrogens is 362 g/mol. The van der Waals surface area contributed by atoms with Crippen LogP contribution < -0.4 is 10.2 Å². The number of benzene rings is 2. The first kappa shape index (κ1) is 18.6. The summed E-state index contributed by atoms with van der Waals surface area (Å²) >= 11 is 0. The summed E-state index contributed by atoms with van der Waals surface area (Å²) in [6.07, 6.45) is 3.08. The number of piperidine rings is 1. The van der Waals surface area contributed by atoms with Crippen LogP contribution in [0.2, 0.25) is 0 Å². The average Bonchev–Trinajstić information content (AvgIpc) is 2.80. The van der Waals surface area contributed by atoms with E-state index in [9.17, 15) is 10.1 Å². The van der Waals surface area contributed by atoms with Crippen LogP contribution in [0, 0.1) is 17.2 Å². The number of nitrogens with one attached hydrogen (secondary N) is 1. The molecule has 2 aromatic carbocycles. The van der Waals surface area contributed by atoms with Gasteiger partial charge < -0.3 is 10.2 Å². The fraction of sp³-hybridized carbons (Fsp3) is 0.217. The molecule has 3 aromatic rings. The van der Waals surface area contributed by atoms with Gasteiger partial charge in [-0.25, -0.2) is 9.97 Å². The van der Waals surface area contributed by atoms with Crippen molar-refractivity contribution in [2.24, 2.45) is 5.92 Å². The number of nitrogens with zero attached hydrogens (tertiary/aromatic N) is 4. The lowest BCUT2D eigenvalue weighted by atomic mass is 9.95. The van der Waals surface area contributed by atoms with Gasteiger partial charge in [0.2, 0.25) is 5.91 Å². The largest absolute Gasteiger partial charge is 0.356 e. The second-order valence-corrected chi connectivity index (χ2v) is 7.04. The highest BCUT2D eigenvalue weighted by atomic mass is 16.1. The number of carbonyl (C=O) groups is 1. The average molecular weight is 383 g/mol. The predicted molar refractivity (Wildman–Crippen MR) is 112 cm³/mol. The van der Waals surface area contributed by atoms with Gasteiger partial charge in [-0.2, -0.15) is 5.26 Å². The maximum Gasteiger partial charge on any atom is 0.227 e. The van der Waals surface area contributed by atoms with Crippen molar-refractivity contribution in [3.05, 3.63) is 72.6 Å². The molecule has 0 atom stereocenters. The van der Waals surface area contributed by atoms with E-state index in [0.717, 1.165) is 43.0 Å². The lowest BCUT2D eigenvalue weighted by Gasteiger charge is -2.32. The number of nitriles is 1. The maximum absolute atomic E-state index is 12.7. The molecule has 4 rings (SSSR count). The van der Waals surface area contributed by atoms with Crippen molar-refractivity contribution in [2.45, 2.75) is 12.8 Å². The minimum absolute atomic E-state index is 0.0278. The smallest absolute Gasteiger partial charge is 0.227 e. The number of rotatable bonds is 4. The van der Waals surface area contributed by atoms with Crippen LogP contribution >= 0.6 is 0 Å². The Labute approximate surface area is 169 Å². The molecule has 0 radical (unpaired) electrons. The van der Waals surface area contributed by atoms with Gasteiger partial charge in [-0.05, 0) is 25.0 Å². The number of anilines is 2. The number of carbonyl (C=O) groups excluding carboxylic acids is 1. The molecule has 0 aliphatic carbocycles. The SMILES string of the molecule is N#Cc1ccccc1NC(=O)C1CCN(c2cc(-c3ccccc3)ncn2)CC1. The van der Waals surface area contributed by atoms with Gasteiger partial charge in [-0.1, -0.05) is 42.5 Å². The van der Waals surface area contributed by atoms with Crippen molar-refractivity contribution in [3.63, 3.8) is 0 Å². The van der Waals surface area contributed by atoms with Crippen LogP contribution in [0.15, 0.2) is 67.0 Å². The summed E-state index contributed by atoms with van der Waals surface area (Å²) in [5.41, 5.74) is 3.00. The third kappa shape index (κ3) is 4.25. The van der Waals surface area contributed by atoms with Crippen LogP contribution in [0.5, 0.6) is 0 Å². The van der Waals surface area contributed by atoms with Crippen molar-refractivity contribution in [1.29, 1.82) is 5.26 Å². The number of para-hydroxylation sites is 1. The summed E-state index contributed by atoms with van der Waals surface area (Å²) in [6, 6.07) is 21.2. The molecule has 2 heterocycles. The molecule has 1 amide bonds. The number of aromatic nitrogens is 2. The zero-order valence-electron chi connectivity index (χ0n) is 16.0. The van der Waals surface area contributed by atoms with Gasteiger partial charge in [0.05, 0.1) is 16.9 Å². The van der Waals surface area contributed by atoms with E-state index in [-0.39, 0.29) is 11.8 Å². The molecule has 1 aliphatic rings. The Balaban J connectivity index is 1.40. The van der Waals surface area contributed by atoms with Crippen molar-refractivity contribution in [3.8, 4) is 17.3 Å². The van der Waals surface area contributed by atoms with Crippen molar-refractivity contribution in [2.75, 3.05) is 23.3 Å². The summed E-state index contributed by atoms with van der Waals surface area (Å²) in [5, 5.41) is 12.1. The molecule has 1 N–H and O–H groups in total. The molecule has 29 heavy (non-hydrogen) atoms. The molecule has 0 saturated carbocycles. The van der Waals surface area contributed by atoms with Gasteiger partial charge >= 0.3 is 0 Å². The zero-order valence-corrected chi connectivity index (χ0v) is 16.0. The van der Waals surface area contributed by atoms with Gasteiger partial charge in [0.25, 0.3) is 0 Å². The topological polar surface area (TPSA) is 81.9 Å². The third-order valence-corrected chi connectivity index (χ3v) is 5.22. The fourth-order valence-corrected chi connectivity index (χ4v) is 3.58. The van der Waals surface area contributed by atoms with Crippen molar-refractivity contribution < 1.29 is 4.79 Å². The highest BCUT2D eigenvalue weighted by Crippen LogP contribution is 2.26. The molecule has 6 nitrogen and oxygen atoms in total. The first-order valence-corrected chi connectivity index (χ1v) is 9.67. The molecule has 1 aliphatic heterocycles. The molecule has 1 saturated heterocycles. The van der Waals surface area contributed by atoms with Crippen LogP contribution in [-0.4, -0.2) is 29.0 Å². The number of amides is 1. The summed E-state index contributed by atoms with van der Waals surface area (Å²) in [4.78, 5) is 23.7. The summed E-state index contributed by atoms with van der Waals surface area (Å²) in [6.45, 7) is 1.51. The van der Waals surface area contributed by atoms with Gasteiger partial charge in [0.1, 0.15) is 18.2 Å². The Morgan fingerprint density at radius 3 is 2.52 bits per heavy atom. The number of hydrogen-bond acceptors (Lipinski definition) is 5. The van der Waals surface area contributed by atoms with Crippen molar-refractivity contribution in [1.82, 2.24) is 9.97 Å². The Morgan fingerprint density at radius 2 is 1.76 bits per heavy atom. The second-order valence-electron chi connectivity index (χ2n) is 7.04. The lowest BCUT2D eigenvalue weighted by Crippen LogP contribution is -2.38. The molecule has 144 valence electrons. The van der Waals surface area contributed by atoms with E-state index in [1.54, 1.807) is 24.5 Å². The van der Waals surface area contributed by atoms with Gasteiger partial charge in [0, 0.05) is 30.6 Å². The quantitative estimate of drug-likeness (QED) is 0.740. The fourth-order valence-electron chi connectivity index (χ4n) is 3.58. The molecular formula is C23H21N5O. The Hall–Kier alpha value is -3.72. The highest BCUT2D eigenvalue weighted by molar-refractivity contribution is 5.94. The zero-order chi connectivity index (χ0) is 20.1. The van der Waals surface area contributed by atoms with E-state index in [2.05, 4.69) is 26.3 Å². The van der Waals surface area contributed by atoms with E-state index < -0.39 is 0 Å². The summed E-state index contributed by atoms with van der Waals surface area (Å²) < 4.78 is 0. The van der Waals surface area contributed by atoms with Gasteiger partial charge in [0.15, 0.2) is 0 Å². The Bertz CT molecular complexity index is 1040. The van der Waals surface area contributed by atoms with Crippen LogP contribution in [0.25, 0.3) is 11.3 Å². The Morgan fingerprint density at radius 1 is 1.03 bits per heavy atom. The molecule has 0 unspecified atom stereocenters. The van der Waals surface area contributed by atoms with E-state index in [0.29, 0.717) is 11.3 Å². The molecule has 1 fully saturated rings. The maximum atomic E-state index is 12.7. The van der Waals surface area contributed by atoms with Crippen LogP contribution in [0.1, 0.15) is 18.4 Å². The van der Waals surface area contributed by atoms with Crippen molar-refractivity contribution >= 4 is 17.4 Å². The van der Waals surface area contributed by atoms with E-state index in [4.69, 9.17) is 0 Å². The van der Waals surface area contributed by atoms with Crippen LogP contribution in [0.3, 0.4) is 0 Å². The third-order valence-electron chi connectivity index (χ3n) is 5.22. The van der Waals surface area contributed by atoms with E-state index >= 15 is 0 Å². The highest BCUT2D eigenvalue weighted by Gasteiger charge is 2.26. The summed E-state index contributed by atoms with van der Waals surface area (Å²) in [5.74, 6) is 0.779. The van der Waals surface area contributed by atoms with Crippen LogP contribution in [-0.2, 0) is 4.79 Å². The monoisotopic (exact) mass is 383 g/mol. The van der Waals surface area contributed by atoms with Gasteiger partial charge in [-0.3, -0.25) is 4.79 Å². The Kier molecular flexibility index (Phi) is 5.48. The first-order valence-electron chi connectivity index (χ1n) is 9.67. The minimum Gasteiger partial charge on any atom is -0.356 e. The molecule has 1 aromatic heterocycles. The number of hydrogen-bond donors (Lipinski definition) is 1. The van der Waals surface area contributed by atoms with E-state index in [1.807, 2.05) is 42.5 Å². The standard InChI is InChI=1S/C23H21N5O/c24-15-19-8-4-5-9-20(19)27-23(29)18-10-12-28(13-11-18)22-14-21(25-16-26-22)17-6-2-1-3-7-17/h1-9,14,16,18H,10-13H2,(H,27,29).